The molecule has 2 fully saturated rings. The summed E-state index contributed by atoms with van der Waals surface area (Å²) in [5, 5.41) is 8.74. The lowest BCUT2D eigenvalue weighted by molar-refractivity contribution is -0.128. The number of para-hydroxylation sites is 1. The Hall–Kier alpha value is -3.40. The maximum absolute atomic E-state index is 13.7. The highest BCUT2D eigenvalue weighted by Crippen LogP contribution is 2.28. The van der Waals surface area contributed by atoms with Crippen LogP contribution in [0.25, 0.3) is 5.69 Å². The molecule has 0 bridgehead atoms. The number of nitrogens with one attached hydrogen (secondary N) is 1. The highest BCUT2D eigenvalue weighted by molar-refractivity contribution is 7.99. The summed E-state index contributed by atoms with van der Waals surface area (Å²) >= 11 is 1.37. The molecule has 1 N–H and O–H groups in total. The number of anilines is 2. The number of rotatable bonds is 7. The van der Waals surface area contributed by atoms with E-state index in [1.807, 2.05) is 48.2 Å². The molecule has 10 heteroatoms. The molecule has 194 valence electrons. The minimum atomic E-state index is -0.137. The lowest BCUT2D eigenvalue weighted by atomic mass is 9.95. The van der Waals surface area contributed by atoms with Crippen LogP contribution in [0.15, 0.2) is 58.7 Å². The lowest BCUT2D eigenvalue weighted by Gasteiger charge is -2.37. The molecule has 1 aromatic carbocycles. The summed E-state index contributed by atoms with van der Waals surface area (Å²) in [4.78, 5) is 39.1. The molecule has 37 heavy (non-hydrogen) atoms. The van der Waals surface area contributed by atoms with Crippen LogP contribution in [0.1, 0.15) is 37.8 Å². The van der Waals surface area contributed by atoms with Crippen molar-refractivity contribution in [2.75, 3.05) is 42.1 Å². The van der Waals surface area contributed by atoms with E-state index in [2.05, 4.69) is 25.3 Å². The number of thioether (sulfide) groups is 1. The van der Waals surface area contributed by atoms with Crippen molar-refractivity contribution in [1.29, 1.82) is 0 Å². The molecule has 0 radical (unpaired) electrons. The molecule has 3 aromatic rings. The van der Waals surface area contributed by atoms with Crippen LogP contribution >= 0.6 is 11.8 Å². The number of aryl methyl sites for hydroxylation is 1. The van der Waals surface area contributed by atoms with Crippen LogP contribution in [0.3, 0.4) is 0 Å². The number of amides is 1. The van der Waals surface area contributed by atoms with Gasteiger partial charge in [0.05, 0.1) is 23.3 Å². The smallest absolute Gasteiger partial charge is 0.296 e. The number of hydrogen-bond acceptors (Lipinski definition) is 8. The number of aromatic nitrogens is 4. The van der Waals surface area contributed by atoms with Gasteiger partial charge >= 0.3 is 0 Å². The third kappa shape index (κ3) is 6.12. The first-order valence-corrected chi connectivity index (χ1v) is 14.0. The molecular weight excluding hydrogens is 486 g/mol. The quantitative estimate of drug-likeness (QED) is 0.374. The molecule has 1 amide bonds. The second kappa shape index (κ2) is 11.8. The number of carbonyl (C=O) groups excluding carboxylic acids is 1. The summed E-state index contributed by atoms with van der Waals surface area (Å²) in [6, 6.07) is 11.7. The van der Waals surface area contributed by atoms with Gasteiger partial charge in [-0.2, -0.15) is 9.78 Å². The number of hydrogen-bond donors (Lipinski definition) is 1. The Morgan fingerprint density at radius 2 is 1.81 bits per heavy atom. The van der Waals surface area contributed by atoms with Crippen molar-refractivity contribution in [2.45, 2.75) is 50.2 Å². The van der Waals surface area contributed by atoms with Crippen molar-refractivity contribution >= 4 is 29.0 Å². The Bertz CT molecular complexity index is 1270. The molecule has 0 atom stereocenters. The standard InChI is InChI=1S/C27H33N7O2S/c1-20-12-13-28-27(30-20)37-19-24(35)33-16-14-32(15-17-33)23-18-29-34(22-10-6-3-7-11-22)26(36)25(23)31-21-8-4-2-5-9-21/h3,6-7,10-13,18,21,31H,2,4-5,8-9,14-17,19H2,1H3. The van der Waals surface area contributed by atoms with Gasteiger partial charge in [0.25, 0.3) is 5.56 Å². The summed E-state index contributed by atoms with van der Waals surface area (Å²) < 4.78 is 1.47. The second-order valence-electron chi connectivity index (χ2n) is 9.57. The van der Waals surface area contributed by atoms with E-state index in [-0.39, 0.29) is 17.5 Å². The summed E-state index contributed by atoms with van der Waals surface area (Å²) in [6.45, 7) is 4.40. The molecular formula is C27H33N7O2S. The predicted molar refractivity (Wildman–Crippen MR) is 147 cm³/mol. The third-order valence-corrected chi connectivity index (χ3v) is 7.83. The van der Waals surface area contributed by atoms with E-state index in [4.69, 9.17) is 0 Å². The number of nitrogens with zero attached hydrogens (tertiary/aromatic N) is 6. The molecule has 1 aliphatic heterocycles. The summed E-state index contributed by atoms with van der Waals surface area (Å²) in [7, 11) is 0. The Balaban J connectivity index is 1.30. The molecule has 1 aliphatic carbocycles. The molecule has 0 unspecified atom stereocenters. The largest absolute Gasteiger partial charge is 0.376 e. The van der Waals surface area contributed by atoms with Crippen molar-refractivity contribution in [2.24, 2.45) is 0 Å². The zero-order chi connectivity index (χ0) is 25.6. The van der Waals surface area contributed by atoms with Gasteiger partial charge in [0, 0.05) is 44.1 Å². The summed E-state index contributed by atoms with van der Waals surface area (Å²) in [5.74, 6) is 0.389. The third-order valence-electron chi connectivity index (χ3n) is 6.98. The molecule has 9 nitrogen and oxygen atoms in total. The van der Waals surface area contributed by atoms with Gasteiger partial charge in [-0.1, -0.05) is 49.2 Å². The minimum absolute atomic E-state index is 0.0768. The summed E-state index contributed by atoms with van der Waals surface area (Å²) in [5.41, 5.74) is 2.92. The van der Waals surface area contributed by atoms with Crippen LogP contribution in [0.5, 0.6) is 0 Å². The van der Waals surface area contributed by atoms with E-state index in [0.717, 1.165) is 29.9 Å². The van der Waals surface area contributed by atoms with Gasteiger partial charge in [-0.25, -0.2) is 9.97 Å². The Morgan fingerprint density at radius 3 is 2.54 bits per heavy atom. The fourth-order valence-electron chi connectivity index (χ4n) is 4.93. The van der Waals surface area contributed by atoms with E-state index < -0.39 is 0 Å². The number of carbonyl (C=O) groups is 1. The van der Waals surface area contributed by atoms with Gasteiger partial charge in [0.1, 0.15) is 5.69 Å². The van der Waals surface area contributed by atoms with Crippen molar-refractivity contribution < 1.29 is 4.79 Å². The fraction of sp³-hybridized carbons (Fsp3) is 0.444. The van der Waals surface area contributed by atoms with Crippen LogP contribution in [0.4, 0.5) is 11.4 Å². The van der Waals surface area contributed by atoms with Crippen molar-refractivity contribution in [3.63, 3.8) is 0 Å². The maximum atomic E-state index is 13.7. The first-order chi connectivity index (χ1) is 18.1. The lowest BCUT2D eigenvalue weighted by Crippen LogP contribution is -2.50. The van der Waals surface area contributed by atoms with Gasteiger partial charge in [0.2, 0.25) is 5.91 Å². The molecule has 2 aromatic heterocycles. The van der Waals surface area contributed by atoms with Gasteiger partial charge in [-0.15, -0.1) is 0 Å². The van der Waals surface area contributed by atoms with E-state index in [9.17, 15) is 9.59 Å². The van der Waals surface area contributed by atoms with Gasteiger partial charge < -0.3 is 15.1 Å². The van der Waals surface area contributed by atoms with E-state index in [1.54, 1.807) is 12.4 Å². The van der Waals surface area contributed by atoms with Crippen LogP contribution in [0, 0.1) is 6.92 Å². The van der Waals surface area contributed by atoms with Crippen LogP contribution in [0.2, 0.25) is 0 Å². The normalized spacial score (nSPS) is 16.6. The fourth-order valence-corrected chi connectivity index (χ4v) is 5.71. The van der Waals surface area contributed by atoms with Crippen LogP contribution < -0.4 is 15.8 Å². The summed E-state index contributed by atoms with van der Waals surface area (Å²) in [6.07, 6.45) is 9.25. The van der Waals surface area contributed by atoms with E-state index in [0.29, 0.717) is 42.8 Å². The van der Waals surface area contributed by atoms with Gasteiger partial charge in [-0.3, -0.25) is 9.59 Å². The molecule has 1 saturated carbocycles. The Kier molecular flexibility index (Phi) is 8.03. The predicted octanol–water partition coefficient (Wildman–Crippen LogP) is 3.52. The highest BCUT2D eigenvalue weighted by atomic mass is 32.2. The number of benzene rings is 1. The highest BCUT2D eigenvalue weighted by Gasteiger charge is 2.26. The van der Waals surface area contributed by atoms with Crippen LogP contribution in [-0.4, -0.2) is 68.5 Å². The molecule has 5 rings (SSSR count). The van der Waals surface area contributed by atoms with Gasteiger partial charge in [-0.05, 0) is 38.0 Å². The monoisotopic (exact) mass is 519 g/mol. The molecule has 2 aliphatic rings. The zero-order valence-electron chi connectivity index (χ0n) is 21.2. The van der Waals surface area contributed by atoms with Crippen LogP contribution in [-0.2, 0) is 4.79 Å². The zero-order valence-corrected chi connectivity index (χ0v) is 22.0. The maximum Gasteiger partial charge on any atom is 0.296 e. The minimum Gasteiger partial charge on any atom is -0.376 e. The Labute approximate surface area is 221 Å². The first kappa shape index (κ1) is 25.3. The number of piperazine rings is 1. The van der Waals surface area contributed by atoms with Crippen molar-refractivity contribution in [1.82, 2.24) is 24.6 Å². The van der Waals surface area contributed by atoms with Crippen molar-refractivity contribution in [3.8, 4) is 5.69 Å². The average Bonchev–Trinajstić information content (AvgIpc) is 2.94. The molecule has 0 spiro atoms. The van der Waals surface area contributed by atoms with Crippen molar-refractivity contribution in [3.05, 3.63) is 64.8 Å². The second-order valence-corrected chi connectivity index (χ2v) is 10.5. The Morgan fingerprint density at radius 1 is 1.05 bits per heavy atom. The van der Waals surface area contributed by atoms with E-state index >= 15 is 0 Å². The molecule has 1 saturated heterocycles. The first-order valence-electron chi connectivity index (χ1n) is 13.0. The average molecular weight is 520 g/mol. The SMILES string of the molecule is Cc1ccnc(SCC(=O)N2CCN(c3cnn(-c4ccccc4)c(=O)c3NC3CCCCC3)CC2)n1. The van der Waals surface area contributed by atoms with E-state index in [1.165, 1.54) is 35.7 Å². The van der Waals surface area contributed by atoms with Gasteiger partial charge in [0.15, 0.2) is 5.16 Å². The molecule has 3 heterocycles. The topological polar surface area (TPSA) is 96.3 Å².